The van der Waals surface area contributed by atoms with Crippen molar-refractivity contribution in [2.45, 2.75) is 23.6 Å². The summed E-state index contributed by atoms with van der Waals surface area (Å²) in [6.45, 7) is -0.0145. The normalized spacial score (nSPS) is 11.4. The lowest BCUT2D eigenvalue weighted by atomic mass is 10.1. The van der Waals surface area contributed by atoms with Gasteiger partial charge in [-0.05, 0) is 71.8 Å². The van der Waals surface area contributed by atoms with E-state index in [0.29, 0.717) is 33.6 Å². The summed E-state index contributed by atoms with van der Waals surface area (Å²) in [5.41, 5.74) is 1.81. The molecule has 0 bridgehead atoms. The van der Waals surface area contributed by atoms with Gasteiger partial charge in [-0.15, -0.1) is 10.2 Å². The molecular weight excluding hydrogens is 541 g/mol. The molecule has 40 heavy (non-hydrogen) atoms. The Bertz CT molecular complexity index is 1580. The molecule has 1 N–H and O–H groups in total. The lowest BCUT2D eigenvalue weighted by Gasteiger charge is -2.11. The molecule has 0 aliphatic rings. The number of alkyl halides is 3. The molecule has 11 heteroatoms. The van der Waals surface area contributed by atoms with E-state index < -0.39 is 11.7 Å². The lowest BCUT2D eigenvalue weighted by Crippen LogP contribution is -2.23. The zero-order valence-corrected chi connectivity index (χ0v) is 22.0. The van der Waals surface area contributed by atoms with Gasteiger partial charge in [-0.25, -0.2) is 0 Å². The molecule has 0 atom stereocenters. The Labute approximate surface area is 232 Å². The van der Waals surface area contributed by atoms with Crippen molar-refractivity contribution in [3.05, 3.63) is 113 Å². The average molecular weight is 565 g/mol. The number of methoxy groups -OCH3 is 1. The van der Waals surface area contributed by atoms with E-state index in [1.165, 1.54) is 23.9 Å². The maximum absolute atomic E-state index is 12.9. The summed E-state index contributed by atoms with van der Waals surface area (Å²) < 4.78 is 51.5. The summed E-state index contributed by atoms with van der Waals surface area (Å²) in [5, 5.41) is 12.0. The number of carbonyl (C=O) groups is 1. The molecule has 2 heterocycles. The van der Waals surface area contributed by atoms with E-state index in [1.54, 1.807) is 31.6 Å². The zero-order valence-electron chi connectivity index (χ0n) is 21.2. The number of hydrogen-bond donors (Lipinski definition) is 1. The van der Waals surface area contributed by atoms with Crippen LogP contribution in [0, 0.1) is 0 Å². The fourth-order valence-corrected chi connectivity index (χ4v) is 4.84. The molecule has 0 saturated heterocycles. The Hall–Kier alpha value is -4.51. The van der Waals surface area contributed by atoms with E-state index in [4.69, 9.17) is 9.15 Å². The summed E-state index contributed by atoms with van der Waals surface area (Å²) in [6.07, 6.45) is -2.86. The van der Waals surface area contributed by atoms with Crippen LogP contribution < -0.4 is 10.1 Å². The van der Waals surface area contributed by atoms with Crippen molar-refractivity contribution in [2.24, 2.45) is 0 Å². The van der Waals surface area contributed by atoms with Crippen molar-refractivity contribution in [1.29, 1.82) is 0 Å². The summed E-state index contributed by atoms with van der Waals surface area (Å²) in [6, 6.07) is 23.0. The smallest absolute Gasteiger partial charge is 0.416 e. The second-order valence-electron chi connectivity index (χ2n) is 8.68. The SMILES string of the molecule is COc1ccc(-n2c(SCc3ccc(C(=O)NCc4cccc(C(F)(F)F)c4)cc3)nnc2-c2ccco2)cc1. The van der Waals surface area contributed by atoms with Crippen LogP contribution in [0.4, 0.5) is 13.2 Å². The number of hydrogen-bond acceptors (Lipinski definition) is 6. The Morgan fingerprint density at radius 1 is 0.975 bits per heavy atom. The van der Waals surface area contributed by atoms with Gasteiger partial charge in [0, 0.05) is 17.9 Å². The number of rotatable bonds is 9. The van der Waals surface area contributed by atoms with Crippen molar-refractivity contribution < 1.29 is 27.1 Å². The van der Waals surface area contributed by atoms with Crippen molar-refractivity contribution in [1.82, 2.24) is 20.1 Å². The molecule has 1 amide bonds. The quantitative estimate of drug-likeness (QED) is 0.199. The van der Waals surface area contributed by atoms with Crippen LogP contribution in [0.1, 0.15) is 27.0 Å². The van der Waals surface area contributed by atoms with Crippen LogP contribution in [0.15, 0.2) is 101 Å². The van der Waals surface area contributed by atoms with Crippen molar-refractivity contribution in [2.75, 3.05) is 7.11 Å². The van der Waals surface area contributed by atoms with Crippen LogP contribution in [-0.2, 0) is 18.5 Å². The Kier molecular flexibility index (Phi) is 7.92. The predicted octanol–water partition coefficient (Wildman–Crippen LogP) is 6.78. The number of aromatic nitrogens is 3. The average Bonchev–Trinajstić information content (AvgIpc) is 3.65. The molecule has 0 radical (unpaired) electrons. The maximum atomic E-state index is 12.9. The third kappa shape index (κ3) is 6.20. The number of furan rings is 1. The minimum atomic E-state index is -4.43. The number of amides is 1. The highest BCUT2D eigenvalue weighted by Crippen LogP contribution is 2.31. The van der Waals surface area contributed by atoms with Gasteiger partial charge in [0.15, 0.2) is 10.9 Å². The summed E-state index contributed by atoms with van der Waals surface area (Å²) in [7, 11) is 1.61. The number of nitrogens with zero attached hydrogens (tertiary/aromatic N) is 3. The van der Waals surface area contributed by atoms with Gasteiger partial charge in [0.2, 0.25) is 5.82 Å². The molecule has 0 spiro atoms. The minimum Gasteiger partial charge on any atom is -0.497 e. The van der Waals surface area contributed by atoms with Gasteiger partial charge >= 0.3 is 6.18 Å². The molecule has 7 nitrogen and oxygen atoms in total. The van der Waals surface area contributed by atoms with Crippen LogP contribution in [-0.4, -0.2) is 27.8 Å². The van der Waals surface area contributed by atoms with Crippen molar-refractivity contribution in [3.63, 3.8) is 0 Å². The van der Waals surface area contributed by atoms with Crippen LogP contribution in [0.3, 0.4) is 0 Å². The van der Waals surface area contributed by atoms with E-state index in [1.807, 2.05) is 47.0 Å². The molecule has 5 rings (SSSR count). The number of thioether (sulfide) groups is 1. The lowest BCUT2D eigenvalue weighted by molar-refractivity contribution is -0.137. The molecule has 2 aromatic heterocycles. The van der Waals surface area contributed by atoms with Gasteiger partial charge in [0.1, 0.15) is 5.75 Å². The first-order valence-electron chi connectivity index (χ1n) is 12.1. The number of halogens is 3. The van der Waals surface area contributed by atoms with Crippen molar-refractivity contribution >= 4 is 17.7 Å². The van der Waals surface area contributed by atoms with Gasteiger partial charge < -0.3 is 14.5 Å². The third-order valence-electron chi connectivity index (χ3n) is 6.00. The topological polar surface area (TPSA) is 82.2 Å². The van der Waals surface area contributed by atoms with E-state index >= 15 is 0 Å². The minimum absolute atomic E-state index is 0.0145. The van der Waals surface area contributed by atoms with E-state index in [-0.39, 0.29) is 12.5 Å². The van der Waals surface area contributed by atoms with Gasteiger partial charge in [-0.3, -0.25) is 9.36 Å². The molecular formula is C29H23F3N4O3S. The summed E-state index contributed by atoms with van der Waals surface area (Å²) in [5.74, 6) is 2.04. The predicted molar refractivity (Wildman–Crippen MR) is 144 cm³/mol. The highest BCUT2D eigenvalue weighted by atomic mass is 32.2. The number of benzene rings is 3. The molecule has 0 fully saturated rings. The first-order chi connectivity index (χ1) is 19.3. The van der Waals surface area contributed by atoms with Crippen LogP contribution in [0.2, 0.25) is 0 Å². The van der Waals surface area contributed by atoms with Gasteiger partial charge in [-0.1, -0.05) is 36.0 Å². The first kappa shape index (κ1) is 27.1. The van der Waals surface area contributed by atoms with E-state index in [2.05, 4.69) is 15.5 Å². The standard InChI is InChI=1S/C29H23F3N4O3S/c1-38-24-13-11-23(12-14-24)36-26(25-6-3-15-39-25)34-35-28(36)40-18-19-7-9-21(10-8-19)27(37)33-17-20-4-2-5-22(16-20)29(30,31)32/h2-16H,17-18H2,1H3,(H,33,37). The van der Waals surface area contributed by atoms with Gasteiger partial charge in [-0.2, -0.15) is 13.2 Å². The molecule has 204 valence electrons. The van der Waals surface area contributed by atoms with Crippen LogP contribution in [0.5, 0.6) is 5.75 Å². The molecule has 0 aliphatic heterocycles. The molecule has 5 aromatic rings. The Morgan fingerprint density at radius 3 is 2.42 bits per heavy atom. The van der Waals surface area contributed by atoms with Crippen LogP contribution >= 0.6 is 11.8 Å². The first-order valence-corrected chi connectivity index (χ1v) is 13.1. The van der Waals surface area contributed by atoms with Crippen LogP contribution in [0.25, 0.3) is 17.3 Å². The zero-order chi connectivity index (χ0) is 28.1. The second-order valence-corrected chi connectivity index (χ2v) is 9.63. The second kappa shape index (κ2) is 11.7. The highest BCUT2D eigenvalue weighted by molar-refractivity contribution is 7.98. The molecule has 0 unspecified atom stereocenters. The fourth-order valence-electron chi connectivity index (χ4n) is 3.94. The molecule has 0 aliphatic carbocycles. The number of nitrogens with one attached hydrogen (secondary N) is 1. The highest BCUT2D eigenvalue weighted by Gasteiger charge is 2.30. The summed E-state index contributed by atoms with van der Waals surface area (Å²) >= 11 is 1.47. The Morgan fingerprint density at radius 2 is 1.75 bits per heavy atom. The van der Waals surface area contributed by atoms with Gasteiger partial charge in [0.05, 0.1) is 24.6 Å². The van der Waals surface area contributed by atoms with Gasteiger partial charge in [0.25, 0.3) is 5.91 Å². The van der Waals surface area contributed by atoms with E-state index in [9.17, 15) is 18.0 Å². The largest absolute Gasteiger partial charge is 0.497 e. The Balaban J connectivity index is 1.26. The molecule has 0 saturated carbocycles. The number of carbonyl (C=O) groups excluding carboxylic acids is 1. The number of ether oxygens (including phenoxy) is 1. The summed E-state index contributed by atoms with van der Waals surface area (Å²) in [4.78, 5) is 12.6. The monoisotopic (exact) mass is 564 g/mol. The van der Waals surface area contributed by atoms with Crippen molar-refractivity contribution in [3.8, 4) is 23.0 Å². The fraction of sp³-hybridized carbons (Fsp3) is 0.138. The molecule has 3 aromatic carbocycles. The maximum Gasteiger partial charge on any atom is 0.416 e. The third-order valence-corrected chi connectivity index (χ3v) is 7.00. The van der Waals surface area contributed by atoms with E-state index in [0.717, 1.165) is 29.1 Å².